The van der Waals surface area contributed by atoms with E-state index in [-0.39, 0.29) is 11.8 Å². The van der Waals surface area contributed by atoms with Gasteiger partial charge in [-0.3, -0.25) is 4.79 Å². The number of aryl methyl sites for hydroxylation is 1. The Labute approximate surface area is 130 Å². The summed E-state index contributed by atoms with van der Waals surface area (Å²) >= 11 is 0. The Balaban J connectivity index is 1.88. The first kappa shape index (κ1) is 13.1. The summed E-state index contributed by atoms with van der Waals surface area (Å²) in [5.41, 5.74) is 2.13. The number of ether oxygens (including phenoxy) is 1. The van der Waals surface area contributed by atoms with Gasteiger partial charge in [-0.15, -0.1) is 0 Å². The van der Waals surface area contributed by atoms with E-state index in [9.17, 15) is 9.90 Å². The number of carbonyl (C=O) groups excluding carboxylic acids is 1. The first-order valence-electron chi connectivity index (χ1n) is 8.24. The normalized spacial score (nSPS) is 42.0. The van der Waals surface area contributed by atoms with Gasteiger partial charge in [0.2, 0.25) is 0 Å². The van der Waals surface area contributed by atoms with Crippen LogP contribution in [0.3, 0.4) is 0 Å². The maximum Gasteiger partial charge on any atom is 0.174 e. The van der Waals surface area contributed by atoms with Crippen LogP contribution in [0.5, 0.6) is 5.75 Å². The molecule has 22 heavy (non-hydrogen) atoms. The standard InChI is InChI=1S/C18H21NO3/c1-10-3-4-11-9-13-18(21)6-5-12(20)16-17(18,7-8-19(13)2)14(11)15(10)22-16/h3-4,13,16,21H,5-9H2,1-2H3. The minimum atomic E-state index is -0.843. The maximum atomic E-state index is 12.6. The highest BCUT2D eigenvalue weighted by molar-refractivity contribution is 5.89. The molecular formula is C18H21NO3. The van der Waals surface area contributed by atoms with Gasteiger partial charge in [-0.1, -0.05) is 12.1 Å². The minimum absolute atomic E-state index is 0.0848. The molecule has 1 aromatic rings. The van der Waals surface area contributed by atoms with Crippen molar-refractivity contribution in [1.82, 2.24) is 4.90 Å². The fourth-order valence-electron chi connectivity index (χ4n) is 5.68. The Morgan fingerprint density at radius 2 is 2.18 bits per heavy atom. The Bertz CT molecular complexity index is 715. The van der Waals surface area contributed by atoms with Crippen LogP contribution in [-0.4, -0.2) is 47.1 Å². The van der Waals surface area contributed by atoms with Crippen molar-refractivity contribution in [2.75, 3.05) is 13.6 Å². The van der Waals surface area contributed by atoms with Crippen LogP contribution in [0.4, 0.5) is 0 Å². The summed E-state index contributed by atoms with van der Waals surface area (Å²) in [7, 11) is 2.09. The number of likely N-dealkylation sites (N-methyl/N-ethyl adjacent to an activating group) is 1. The average Bonchev–Trinajstić information content (AvgIpc) is 2.85. The summed E-state index contributed by atoms with van der Waals surface area (Å²) in [6.45, 7) is 2.95. The van der Waals surface area contributed by atoms with Crippen LogP contribution in [0, 0.1) is 6.92 Å². The average molecular weight is 299 g/mol. The van der Waals surface area contributed by atoms with Crippen molar-refractivity contribution in [2.45, 2.75) is 55.8 Å². The molecular weight excluding hydrogens is 278 g/mol. The fraction of sp³-hybridized carbons (Fsp3) is 0.611. The van der Waals surface area contributed by atoms with Crippen molar-refractivity contribution in [3.63, 3.8) is 0 Å². The highest BCUT2D eigenvalue weighted by Gasteiger charge is 2.72. The Morgan fingerprint density at radius 3 is 3.00 bits per heavy atom. The van der Waals surface area contributed by atoms with E-state index in [0.717, 1.165) is 36.3 Å². The second-order valence-corrected chi connectivity index (χ2v) is 7.56. The van der Waals surface area contributed by atoms with Crippen molar-refractivity contribution in [3.05, 3.63) is 28.8 Å². The Morgan fingerprint density at radius 1 is 1.36 bits per heavy atom. The summed E-state index contributed by atoms with van der Waals surface area (Å²) in [5, 5.41) is 11.7. The number of rotatable bonds is 0. The fourth-order valence-corrected chi connectivity index (χ4v) is 5.68. The second-order valence-electron chi connectivity index (χ2n) is 7.56. The SMILES string of the molecule is Cc1ccc2c3c1OC1C(=O)CCC4(O)C(C2)N(C)CCC314. The van der Waals surface area contributed by atoms with Crippen LogP contribution in [0.15, 0.2) is 12.1 Å². The third-order valence-corrected chi connectivity index (χ3v) is 6.74. The lowest BCUT2D eigenvalue weighted by atomic mass is 9.49. The molecule has 4 nitrogen and oxygen atoms in total. The van der Waals surface area contributed by atoms with E-state index in [1.54, 1.807) is 0 Å². The molecule has 0 aromatic heterocycles. The predicted molar refractivity (Wildman–Crippen MR) is 81.2 cm³/mol. The molecule has 2 fully saturated rings. The molecule has 5 rings (SSSR count). The summed E-state index contributed by atoms with van der Waals surface area (Å²) in [5.74, 6) is 1.04. The number of hydrogen-bond donors (Lipinski definition) is 1. The number of piperidine rings is 1. The van der Waals surface area contributed by atoms with Gasteiger partial charge in [0.1, 0.15) is 5.75 Å². The van der Waals surface area contributed by atoms with E-state index in [0.29, 0.717) is 12.8 Å². The molecule has 4 unspecified atom stereocenters. The van der Waals surface area contributed by atoms with Gasteiger partial charge in [0, 0.05) is 18.0 Å². The lowest BCUT2D eigenvalue weighted by Gasteiger charge is -2.62. The first-order valence-corrected chi connectivity index (χ1v) is 8.24. The number of likely N-dealkylation sites (tertiary alicyclic amines) is 1. The lowest BCUT2D eigenvalue weighted by Crippen LogP contribution is -2.76. The zero-order valence-electron chi connectivity index (χ0n) is 13.1. The third-order valence-electron chi connectivity index (χ3n) is 6.74. The predicted octanol–water partition coefficient (Wildman–Crippen LogP) is 1.35. The molecule has 4 heteroatoms. The van der Waals surface area contributed by atoms with Crippen molar-refractivity contribution in [1.29, 1.82) is 0 Å². The molecule has 2 heterocycles. The number of hydrogen-bond acceptors (Lipinski definition) is 4. The molecule has 1 aromatic carbocycles. The van der Waals surface area contributed by atoms with E-state index in [1.165, 1.54) is 5.56 Å². The molecule has 1 saturated carbocycles. The Kier molecular flexibility index (Phi) is 2.23. The smallest absolute Gasteiger partial charge is 0.174 e. The van der Waals surface area contributed by atoms with Gasteiger partial charge < -0.3 is 14.7 Å². The number of ketones is 1. The highest BCUT2D eigenvalue weighted by atomic mass is 16.5. The monoisotopic (exact) mass is 299 g/mol. The molecule has 0 radical (unpaired) electrons. The lowest BCUT2D eigenvalue weighted by molar-refractivity contribution is -0.185. The van der Waals surface area contributed by atoms with Gasteiger partial charge in [0.05, 0.1) is 11.0 Å². The quantitative estimate of drug-likeness (QED) is 0.785. The molecule has 0 amide bonds. The highest BCUT2D eigenvalue weighted by Crippen LogP contribution is 2.63. The molecule has 116 valence electrons. The van der Waals surface area contributed by atoms with Crippen molar-refractivity contribution in [3.8, 4) is 5.75 Å². The molecule has 2 aliphatic carbocycles. The first-order chi connectivity index (χ1) is 10.5. The molecule has 1 N–H and O–H groups in total. The number of benzene rings is 1. The molecule has 4 atom stereocenters. The van der Waals surface area contributed by atoms with E-state index >= 15 is 0 Å². The zero-order valence-corrected chi connectivity index (χ0v) is 13.1. The molecule has 2 aliphatic heterocycles. The van der Waals surface area contributed by atoms with Crippen molar-refractivity contribution >= 4 is 5.78 Å². The van der Waals surface area contributed by atoms with Gasteiger partial charge in [0.25, 0.3) is 0 Å². The van der Waals surface area contributed by atoms with E-state index in [2.05, 4.69) is 24.1 Å². The van der Waals surface area contributed by atoms with Gasteiger partial charge in [-0.2, -0.15) is 0 Å². The van der Waals surface area contributed by atoms with Gasteiger partial charge in [-0.05, 0) is 50.9 Å². The zero-order chi connectivity index (χ0) is 15.3. The summed E-state index contributed by atoms with van der Waals surface area (Å²) in [4.78, 5) is 14.9. The van der Waals surface area contributed by atoms with Crippen LogP contribution in [0.25, 0.3) is 0 Å². The molecule has 4 aliphatic rings. The van der Waals surface area contributed by atoms with Gasteiger partial charge in [-0.25, -0.2) is 0 Å². The number of nitrogens with zero attached hydrogens (tertiary/aromatic N) is 1. The van der Waals surface area contributed by atoms with E-state index < -0.39 is 17.1 Å². The summed E-state index contributed by atoms with van der Waals surface area (Å²) in [6.07, 6.45) is 2.15. The van der Waals surface area contributed by atoms with Gasteiger partial charge >= 0.3 is 0 Å². The molecule has 1 spiro atoms. The van der Waals surface area contributed by atoms with Crippen LogP contribution < -0.4 is 4.74 Å². The van der Waals surface area contributed by atoms with E-state index in [1.807, 2.05) is 6.92 Å². The summed E-state index contributed by atoms with van der Waals surface area (Å²) < 4.78 is 6.19. The number of carbonyl (C=O) groups is 1. The third kappa shape index (κ3) is 1.16. The van der Waals surface area contributed by atoms with Crippen molar-refractivity contribution in [2.24, 2.45) is 0 Å². The molecule has 2 bridgehead atoms. The second kappa shape index (κ2) is 3.74. The van der Waals surface area contributed by atoms with Crippen LogP contribution in [-0.2, 0) is 16.6 Å². The van der Waals surface area contributed by atoms with E-state index in [4.69, 9.17) is 4.74 Å². The minimum Gasteiger partial charge on any atom is -0.481 e. The molecule has 1 saturated heterocycles. The topological polar surface area (TPSA) is 49.8 Å². The Hall–Kier alpha value is -1.39. The van der Waals surface area contributed by atoms with Crippen LogP contribution in [0.1, 0.15) is 36.0 Å². The number of Topliss-reactive ketones (excluding diaryl/α,β-unsaturated/α-hetero) is 1. The maximum absolute atomic E-state index is 12.6. The van der Waals surface area contributed by atoms with Crippen LogP contribution in [0.2, 0.25) is 0 Å². The summed E-state index contributed by atoms with van der Waals surface area (Å²) in [6, 6.07) is 4.35. The van der Waals surface area contributed by atoms with Crippen molar-refractivity contribution < 1.29 is 14.6 Å². The number of aliphatic hydroxyl groups is 1. The van der Waals surface area contributed by atoms with Gasteiger partial charge in [0.15, 0.2) is 11.9 Å². The largest absolute Gasteiger partial charge is 0.481 e. The van der Waals surface area contributed by atoms with Crippen LogP contribution >= 0.6 is 0 Å².